The molecule has 0 radical (unpaired) electrons. The zero-order valence-corrected chi connectivity index (χ0v) is 21.4. The molecule has 2 aliphatic rings. The first-order chi connectivity index (χ1) is 18.0. The minimum absolute atomic E-state index is 0.228. The van der Waals surface area contributed by atoms with Gasteiger partial charge in [-0.2, -0.15) is 0 Å². The van der Waals surface area contributed by atoms with E-state index in [1.54, 1.807) is 6.20 Å². The molecular formula is C32H34N4O. The van der Waals surface area contributed by atoms with Crippen LogP contribution >= 0.6 is 0 Å². The first kappa shape index (κ1) is 23.8. The molecule has 2 aliphatic carbocycles. The Morgan fingerprint density at radius 1 is 0.946 bits per heavy atom. The van der Waals surface area contributed by atoms with E-state index in [1.807, 2.05) is 30.3 Å². The van der Waals surface area contributed by atoms with Gasteiger partial charge >= 0.3 is 0 Å². The second kappa shape index (κ2) is 9.71. The minimum Gasteiger partial charge on any atom is -0.272 e. The Labute approximate surface area is 218 Å². The average Bonchev–Trinajstić information content (AvgIpc) is 3.76. The molecule has 0 aliphatic heterocycles. The van der Waals surface area contributed by atoms with Gasteiger partial charge < -0.3 is 0 Å². The van der Waals surface area contributed by atoms with Gasteiger partial charge in [-0.1, -0.05) is 92.6 Å². The Balaban J connectivity index is 1.36. The van der Waals surface area contributed by atoms with Crippen LogP contribution < -0.4 is 5.84 Å². The van der Waals surface area contributed by atoms with E-state index in [-0.39, 0.29) is 11.3 Å². The fourth-order valence-electron chi connectivity index (χ4n) is 6.02. The van der Waals surface area contributed by atoms with Crippen molar-refractivity contribution in [2.75, 3.05) is 0 Å². The van der Waals surface area contributed by atoms with Crippen LogP contribution in [-0.4, -0.2) is 20.9 Å². The molecule has 0 unspecified atom stereocenters. The van der Waals surface area contributed by atoms with Crippen LogP contribution in [0.25, 0.3) is 10.8 Å². The first-order valence-corrected chi connectivity index (χ1v) is 13.5. The van der Waals surface area contributed by atoms with Crippen LogP contribution in [0, 0.1) is 5.92 Å². The van der Waals surface area contributed by atoms with Crippen LogP contribution in [0.4, 0.5) is 0 Å². The molecule has 1 aromatic heterocycles. The van der Waals surface area contributed by atoms with Crippen LogP contribution in [0.1, 0.15) is 84.4 Å². The number of hydrogen-bond acceptors (Lipinski definition) is 4. The summed E-state index contributed by atoms with van der Waals surface area (Å²) in [4.78, 5) is 23.8. The number of carbonyl (C=O) groups excluding carboxylic acids is 1. The molecule has 5 nitrogen and oxygen atoms in total. The number of aromatic nitrogens is 2. The molecule has 1 amide bonds. The Morgan fingerprint density at radius 2 is 1.65 bits per heavy atom. The summed E-state index contributed by atoms with van der Waals surface area (Å²) in [5.41, 5.74) is 3.36. The second-order valence-electron chi connectivity index (χ2n) is 11.0. The van der Waals surface area contributed by atoms with Crippen LogP contribution in [0.2, 0.25) is 0 Å². The topological polar surface area (TPSA) is 72.1 Å². The highest BCUT2D eigenvalue weighted by Crippen LogP contribution is 2.54. The fourth-order valence-corrected chi connectivity index (χ4v) is 6.02. The van der Waals surface area contributed by atoms with Crippen molar-refractivity contribution in [1.82, 2.24) is 15.0 Å². The monoisotopic (exact) mass is 490 g/mol. The molecule has 6 rings (SSSR count). The van der Waals surface area contributed by atoms with E-state index in [9.17, 15) is 4.79 Å². The normalized spacial score (nSPS) is 20.5. The van der Waals surface area contributed by atoms with Crippen LogP contribution in [0.3, 0.4) is 0 Å². The molecule has 37 heavy (non-hydrogen) atoms. The van der Waals surface area contributed by atoms with Crippen molar-refractivity contribution < 1.29 is 4.79 Å². The zero-order valence-electron chi connectivity index (χ0n) is 21.4. The Morgan fingerprint density at radius 3 is 2.41 bits per heavy atom. The van der Waals surface area contributed by atoms with Crippen molar-refractivity contribution in [2.24, 2.45) is 11.8 Å². The summed E-state index contributed by atoms with van der Waals surface area (Å²) in [6, 6.07) is 24.8. The summed E-state index contributed by atoms with van der Waals surface area (Å²) in [5, 5.41) is 3.57. The van der Waals surface area contributed by atoms with Crippen molar-refractivity contribution >= 4 is 16.7 Å². The highest BCUT2D eigenvalue weighted by molar-refractivity contribution is 5.96. The maximum atomic E-state index is 13.9. The molecule has 0 saturated heterocycles. The van der Waals surface area contributed by atoms with Gasteiger partial charge in [-0.3, -0.25) is 9.80 Å². The number of benzene rings is 3. The summed E-state index contributed by atoms with van der Waals surface area (Å²) in [5.74, 6) is 8.24. The number of rotatable bonds is 6. The van der Waals surface area contributed by atoms with Gasteiger partial charge in [0.2, 0.25) is 0 Å². The summed E-state index contributed by atoms with van der Waals surface area (Å²) >= 11 is 0. The lowest BCUT2D eigenvalue weighted by Gasteiger charge is -2.27. The number of hydrazine groups is 1. The largest absolute Gasteiger partial charge is 0.272 e. The standard InChI is InChI=1S/C32H34N4O/c1-22-14-16-24(17-15-22)30-34-20-28(29(35-30)32(18-19-32)26-11-3-2-4-12-26)31(37)36(33)21-25-10-7-9-23-8-5-6-13-27(23)25/h2-13,20,22,24H,14-19,21,33H2,1H3. The van der Waals surface area contributed by atoms with Crippen LogP contribution in [0.15, 0.2) is 79.0 Å². The molecule has 2 fully saturated rings. The molecule has 1 heterocycles. The second-order valence-corrected chi connectivity index (χ2v) is 11.0. The van der Waals surface area contributed by atoms with Crippen molar-refractivity contribution in [3.63, 3.8) is 0 Å². The quantitative estimate of drug-likeness (QED) is 0.190. The average molecular weight is 491 g/mol. The van der Waals surface area contributed by atoms with Crippen molar-refractivity contribution in [3.8, 4) is 0 Å². The third-order valence-electron chi connectivity index (χ3n) is 8.43. The molecular weight excluding hydrogens is 456 g/mol. The van der Waals surface area contributed by atoms with E-state index in [1.165, 1.54) is 23.4 Å². The number of carbonyl (C=O) groups is 1. The van der Waals surface area contributed by atoms with E-state index in [0.717, 1.165) is 59.5 Å². The molecule has 0 atom stereocenters. The first-order valence-electron chi connectivity index (χ1n) is 13.5. The third-order valence-corrected chi connectivity index (χ3v) is 8.43. The number of nitrogens with zero attached hydrogens (tertiary/aromatic N) is 3. The lowest BCUT2D eigenvalue weighted by Crippen LogP contribution is -2.38. The van der Waals surface area contributed by atoms with Gasteiger partial charge in [0.15, 0.2) is 0 Å². The summed E-state index contributed by atoms with van der Waals surface area (Å²) in [6.07, 6.45) is 8.33. The van der Waals surface area contributed by atoms with Crippen molar-refractivity contribution in [1.29, 1.82) is 0 Å². The summed E-state index contributed by atoms with van der Waals surface area (Å²) in [7, 11) is 0. The Bertz CT molecular complexity index is 1420. The number of hydrogen-bond donors (Lipinski definition) is 1. The van der Waals surface area contributed by atoms with E-state index in [2.05, 4.69) is 49.4 Å². The van der Waals surface area contributed by atoms with Crippen molar-refractivity contribution in [3.05, 3.63) is 107 Å². The smallest absolute Gasteiger partial charge is 0.271 e. The molecule has 4 aromatic rings. The van der Waals surface area contributed by atoms with Crippen LogP contribution in [0.5, 0.6) is 0 Å². The fraction of sp³-hybridized carbons (Fsp3) is 0.344. The number of amides is 1. The van der Waals surface area contributed by atoms with Crippen molar-refractivity contribution in [2.45, 2.75) is 63.3 Å². The van der Waals surface area contributed by atoms with E-state index in [4.69, 9.17) is 15.8 Å². The zero-order chi connectivity index (χ0) is 25.4. The molecule has 0 spiro atoms. The summed E-state index contributed by atoms with van der Waals surface area (Å²) < 4.78 is 0. The maximum Gasteiger partial charge on any atom is 0.271 e. The predicted molar refractivity (Wildman–Crippen MR) is 147 cm³/mol. The molecule has 0 bridgehead atoms. The number of fused-ring (bicyclic) bond motifs is 1. The molecule has 3 aromatic carbocycles. The predicted octanol–water partition coefficient (Wildman–Crippen LogP) is 6.52. The van der Waals surface area contributed by atoms with Crippen LogP contribution in [-0.2, 0) is 12.0 Å². The van der Waals surface area contributed by atoms with E-state index >= 15 is 0 Å². The van der Waals surface area contributed by atoms with E-state index in [0.29, 0.717) is 18.0 Å². The summed E-state index contributed by atoms with van der Waals surface area (Å²) in [6.45, 7) is 2.64. The van der Waals surface area contributed by atoms with Gasteiger partial charge in [0, 0.05) is 17.5 Å². The molecule has 2 N–H and O–H groups in total. The third kappa shape index (κ3) is 4.53. The Hall–Kier alpha value is -3.57. The van der Waals surface area contributed by atoms with Gasteiger partial charge in [-0.25, -0.2) is 15.8 Å². The molecule has 2 saturated carbocycles. The SMILES string of the molecule is CC1CCC(c2ncc(C(=O)N(N)Cc3cccc4ccccc34)c(C3(c4ccccc4)CC3)n2)CC1. The van der Waals surface area contributed by atoms with Gasteiger partial charge in [0.1, 0.15) is 5.82 Å². The van der Waals surface area contributed by atoms with Gasteiger partial charge in [0.25, 0.3) is 5.91 Å². The van der Waals surface area contributed by atoms with E-state index < -0.39 is 0 Å². The molecule has 188 valence electrons. The lowest BCUT2D eigenvalue weighted by atomic mass is 9.82. The highest BCUT2D eigenvalue weighted by Gasteiger charge is 2.50. The van der Waals surface area contributed by atoms with Gasteiger partial charge in [-0.05, 0) is 53.5 Å². The number of nitrogens with two attached hydrogens (primary N) is 1. The highest BCUT2D eigenvalue weighted by atomic mass is 16.2. The maximum absolute atomic E-state index is 13.9. The van der Waals surface area contributed by atoms with Gasteiger partial charge in [0.05, 0.1) is 17.8 Å². The minimum atomic E-state index is -0.244. The molecule has 5 heteroatoms. The Kier molecular flexibility index (Phi) is 6.25. The van der Waals surface area contributed by atoms with Gasteiger partial charge in [-0.15, -0.1) is 0 Å². The lowest BCUT2D eigenvalue weighted by molar-refractivity contribution is 0.0741.